The maximum Gasteiger partial charge on any atom is 0.416 e. The molecule has 1 aromatic carbocycles. The van der Waals surface area contributed by atoms with Gasteiger partial charge in [-0.05, 0) is 69.5 Å². The quantitative estimate of drug-likeness (QED) is 0.438. The number of carbonyl (C=O) groups excluding carboxylic acids is 1. The fourth-order valence-corrected chi connectivity index (χ4v) is 4.40. The number of nitrogens with one attached hydrogen (secondary N) is 1. The molecule has 0 saturated heterocycles. The summed E-state index contributed by atoms with van der Waals surface area (Å²) in [4.78, 5) is 35.8. The van der Waals surface area contributed by atoms with Crippen molar-refractivity contribution in [2.45, 2.75) is 51.9 Å². The molecule has 0 aliphatic carbocycles. The number of carbonyl (C=O) groups is 1. The maximum absolute atomic E-state index is 13.3. The van der Waals surface area contributed by atoms with E-state index in [1.807, 2.05) is 6.08 Å². The Morgan fingerprint density at radius 1 is 1.15 bits per heavy atom. The lowest BCUT2D eigenvalue weighted by Gasteiger charge is -2.29. The molecule has 3 aromatic rings. The number of hydrogen-bond donors (Lipinski definition) is 2. The number of hydrogen-bond acceptors (Lipinski definition) is 7. The largest absolute Gasteiger partial charge is 0.444 e. The van der Waals surface area contributed by atoms with Gasteiger partial charge in [0.15, 0.2) is 0 Å². The molecule has 3 N–H and O–H groups in total. The zero-order valence-electron chi connectivity index (χ0n) is 22.4. The summed E-state index contributed by atoms with van der Waals surface area (Å²) in [6.07, 6.45) is -1.41. The molecule has 3 heterocycles. The lowest BCUT2D eigenvalue weighted by Crippen LogP contribution is -2.39. The number of nitrogens with zero attached hydrogens (tertiary/aromatic N) is 4. The Morgan fingerprint density at radius 2 is 1.87 bits per heavy atom. The van der Waals surface area contributed by atoms with Crippen molar-refractivity contribution < 1.29 is 22.7 Å². The van der Waals surface area contributed by atoms with Gasteiger partial charge in [0.2, 0.25) is 0 Å². The highest BCUT2D eigenvalue weighted by Gasteiger charge is 2.31. The Balaban J connectivity index is 1.67. The van der Waals surface area contributed by atoms with Gasteiger partial charge in [-0.2, -0.15) is 13.2 Å². The molecule has 4 rings (SSSR count). The summed E-state index contributed by atoms with van der Waals surface area (Å²) in [7, 11) is 1.60. The van der Waals surface area contributed by atoms with Crippen LogP contribution in [0.4, 0.5) is 29.5 Å². The molecule has 1 atom stereocenters. The van der Waals surface area contributed by atoms with Crippen molar-refractivity contribution in [3.63, 3.8) is 0 Å². The SMILES string of the molecule is CC(Nc1ncnc2c1cc(C1=CCN(C(=O)OC(C)(C)C)CC1)c(=O)n2C)c1cc(N)cc(C(F)(F)F)c1. The van der Waals surface area contributed by atoms with Crippen LogP contribution >= 0.6 is 0 Å². The lowest BCUT2D eigenvalue weighted by atomic mass is 9.99. The van der Waals surface area contributed by atoms with Crippen molar-refractivity contribution in [2.75, 3.05) is 24.1 Å². The molecule has 12 heteroatoms. The number of ether oxygens (including phenoxy) is 1. The van der Waals surface area contributed by atoms with Crippen LogP contribution in [-0.2, 0) is 18.0 Å². The zero-order chi connectivity index (χ0) is 28.7. The highest BCUT2D eigenvalue weighted by molar-refractivity contribution is 5.89. The third-order valence-corrected chi connectivity index (χ3v) is 6.37. The molecule has 0 bridgehead atoms. The first-order chi connectivity index (χ1) is 18.1. The van der Waals surface area contributed by atoms with E-state index in [4.69, 9.17) is 10.5 Å². The minimum absolute atomic E-state index is 0.00429. The molecule has 2 aromatic heterocycles. The van der Waals surface area contributed by atoms with E-state index in [1.54, 1.807) is 45.7 Å². The number of aromatic nitrogens is 3. The topological polar surface area (TPSA) is 115 Å². The number of fused-ring (bicyclic) bond motifs is 1. The Labute approximate surface area is 223 Å². The second kappa shape index (κ2) is 10.2. The van der Waals surface area contributed by atoms with E-state index in [0.29, 0.717) is 40.9 Å². The van der Waals surface area contributed by atoms with Crippen LogP contribution in [0.3, 0.4) is 0 Å². The molecule has 0 radical (unpaired) electrons. The standard InChI is InChI=1S/C27H31F3N6O3/c1-15(17-10-18(27(28,29)30)12-19(31)11-17)34-22-21-13-20(24(37)35(5)23(21)33-14-32-22)16-6-8-36(9-7-16)25(38)39-26(2,3)4/h6,10-15H,7-9,31H2,1-5H3,(H,32,33,34). The van der Waals surface area contributed by atoms with Gasteiger partial charge in [0.25, 0.3) is 5.56 Å². The Hall–Kier alpha value is -4.09. The summed E-state index contributed by atoms with van der Waals surface area (Å²) >= 11 is 0. The monoisotopic (exact) mass is 544 g/mol. The molecule has 9 nitrogen and oxygen atoms in total. The first-order valence-corrected chi connectivity index (χ1v) is 12.4. The second-order valence-corrected chi connectivity index (χ2v) is 10.5. The molecule has 0 fully saturated rings. The summed E-state index contributed by atoms with van der Waals surface area (Å²) in [5.41, 5.74) is 5.92. The van der Waals surface area contributed by atoms with Crippen LogP contribution in [0.2, 0.25) is 0 Å². The molecule has 0 spiro atoms. The van der Waals surface area contributed by atoms with Gasteiger partial charge in [0.1, 0.15) is 23.4 Å². The Kier molecular flexibility index (Phi) is 7.33. The van der Waals surface area contributed by atoms with Gasteiger partial charge in [-0.3, -0.25) is 9.36 Å². The summed E-state index contributed by atoms with van der Waals surface area (Å²) in [6.45, 7) is 7.76. The smallest absolute Gasteiger partial charge is 0.416 e. The van der Waals surface area contributed by atoms with Crippen LogP contribution in [0.25, 0.3) is 16.6 Å². The molecule has 0 saturated carbocycles. The fraction of sp³-hybridized carbons (Fsp3) is 0.407. The van der Waals surface area contributed by atoms with Crippen LogP contribution in [0.15, 0.2) is 41.5 Å². The molecule has 1 aliphatic heterocycles. The predicted octanol–water partition coefficient (Wildman–Crippen LogP) is 5.13. The first kappa shape index (κ1) is 27.9. The number of pyridine rings is 1. The van der Waals surface area contributed by atoms with Gasteiger partial charge in [0, 0.05) is 31.4 Å². The summed E-state index contributed by atoms with van der Waals surface area (Å²) in [5.74, 6) is 0.354. The van der Waals surface area contributed by atoms with Crippen molar-refractivity contribution >= 4 is 34.2 Å². The lowest BCUT2D eigenvalue weighted by molar-refractivity contribution is -0.137. The van der Waals surface area contributed by atoms with E-state index in [0.717, 1.165) is 17.7 Å². The van der Waals surface area contributed by atoms with Gasteiger partial charge in [-0.25, -0.2) is 14.8 Å². The van der Waals surface area contributed by atoms with E-state index >= 15 is 0 Å². The minimum Gasteiger partial charge on any atom is -0.444 e. The summed E-state index contributed by atoms with van der Waals surface area (Å²) in [6, 6.07) is 4.50. The maximum atomic E-state index is 13.3. The zero-order valence-corrected chi connectivity index (χ0v) is 22.4. The fourth-order valence-electron chi connectivity index (χ4n) is 4.40. The van der Waals surface area contributed by atoms with E-state index in [-0.39, 0.29) is 17.8 Å². The van der Waals surface area contributed by atoms with Crippen molar-refractivity contribution in [2.24, 2.45) is 7.05 Å². The van der Waals surface area contributed by atoms with Gasteiger partial charge in [0.05, 0.1) is 17.0 Å². The molecule has 1 unspecified atom stereocenters. The molecular weight excluding hydrogens is 513 g/mol. The normalized spacial score (nSPS) is 15.2. The number of aryl methyl sites for hydroxylation is 1. The second-order valence-electron chi connectivity index (χ2n) is 10.5. The number of nitrogens with two attached hydrogens (primary N) is 1. The van der Waals surface area contributed by atoms with Crippen LogP contribution in [-0.4, -0.2) is 44.2 Å². The van der Waals surface area contributed by atoms with Crippen LogP contribution in [0, 0.1) is 0 Å². The number of halogens is 3. The van der Waals surface area contributed by atoms with Gasteiger partial charge < -0.3 is 20.7 Å². The Bertz CT molecular complexity index is 1510. The summed E-state index contributed by atoms with van der Waals surface area (Å²) in [5, 5.41) is 3.67. The van der Waals surface area contributed by atoms with Gasteiger partial charge in [-0.1, -0.05) is 6.08 Å². The van der Waals surface area contributed by atoms with E-state index in [1.165, 1.54) is 17.0 Å². The molecule has 1 aliphatic rings. The number of nitrogen functional groups attached to an aromatic ring is 1. The molecule has 1 amide bonds. The third kappa shape index (κ3) is 6.15. The molecule has 39 heavy (non-hydrogen) atoms. The summed E-state index contributed by atoms with van der Waals surface area (Å²) < 4.78 is 46.8. The van der Waals surface area contributed by atoms with Crippen molar-refractivity contribution in [3.8, 4) is 0 Å². The number of anilines is 2. The van der Waals surface area contributed by atoms with Crippen molar-refractivity contribution in [1.29, 1.82) is 0 Å². The highest BCUT2D eigenvalue weighted by atomic mass is 19.4. The first-order valence-electron chi connectivity index (χ1n) is 12.4. The minimum atomic E-state index is -4.54. The number of rotatable bonds is 4. The number of benzene rings is 1. The van der Waals surface area contributed by atoms with Crippen molar-refractivity contribution in [1.82, 2.24) is 19.4 Å². The molecule has 208 valence electrons. The van der Waals surface area contributed by atoms with E-state index in [9.17, 15) is 22.8 Å². The van der Waals surface area contributed by atoms with Crippen LogP contribution in [0.1, 0.15) is 56.8 Å². The highest BCUT2D eigenvalue weighted by Crippen LogP contribution is 2.34. The number of amides is 1. The third-order valence-electron chi connectivity index (χ3n) is 6.37. The average molecular weight is 545 g/mol. The molecular formula is C27H31F3N6O3. The Morgan fingerprint density at radius 3 is 2.49 bits per heavy atom. The van der Waals surface area contributed by atoms with Crippen molar-refractivity contribution in [3.05, 3.63) is 63.7 Å². The van der Waals surface area contributed by atoms with Gasteiger partial charge >= 0.3 is 12.3 Å². The van der Waals surface area contributed by atoms with E-state index < -0.39 is 29.5 Å². The van der Waals surface area contributed by atoms with Crippen LogP contribution in [0.5, 0.6) is 0 Å². The number of alkyl halides is 3. The predicted molar refractivity (Wildman–Crippen MR) is 143 cm³/mol. The average Bonchev–Trinajstić information content (AvgIpc) is 2.84. The van der Waals surface area contributed by atoms with Gasteiger partial charge in [-0.15, -0.1) is 0 Å². The van der Waals surface area contributed by atoms with Crippen LogP contribution < -0.4 is 16.6 Å². The van der Waals surface area contributed by atoms with E-state index in [2.05, 4.69) is 15.3 Å².